The summed E-state index contributed by atoms with van der Waals surface area (Å²) >= 11 is 0. The van der Waals surface area contributed by atoms with E-state index < -0.39 is 8.41 Å². The Morgan fingerprint density at radius 2 is 1.38 bits per heavy atom. The molecule has 3 aromatic rings. The van der Waals surface area contributed by atoms with Crippen molar-refractivity contribution in [3.63, 3.8) is 0 Å². The monoisotopic (exact) mass is 328 g/mol. The first kappa shape index (κ1) is 16.6. The van der Waals surface area contributed by atoms with E-state index in [1.807, 2.05) is 0 Å². The van der Waals surface area contributed by atoms with Gasteiger partial charge in [-0.25, -0.2) is 0 Å². The zero-order valence-corrected chi connectivity index (χ0v) is 15.3. The SMILES string of the molecule is Cc1cccc(CCCC=[Si](c2ccccc2)c2ccccc2)c1. The molecule has 0 bridgehead atoms. The van der Waals surface area contributed by atoms with Gasteiger partial charge in [-0.15, -0.1) is 0 Å². The summed E-state index contributed by atoms with van der Waals surface area (Å²) in [5, 5.41) is 2.95. The van der Waals surface area contributed by atoms with Crippen molar-refractivity contribution in [2.75, 3.05) is 0 Å². The average Bonchev–Trinajstić information content (AvgIpc) is 2.63. The van der Waals surface area contributed by atoms with Crippen LogP contribution in [0.1, 0.15) is 24.0 Å². The van der Waals surface area contributed by atoms with E-state index in [1.165, 1.54) is 34.3 Å². The normalized spacial score (nSPS) is 10.4. The molecule has 0 saturated carbocycles. The van der Waals surface area contributed by atoms with Crippen LogP contribution in [0.4, 0.5) is 0 Å². The Hall–Kier alpha value is -2.25. The van der Waals surface area contributed by atoms with Crippen LogP contribution in [0.25, 0.3) is 0 Å². The van der Waals surface area contributed by atoms with Crippen molar-refractivity contribution >= 4 is 24.5 Å². The summed E-state index contributed by atoms with van der Waals surface area (Å²) in [6.07, 6.45) is 3.56. The predicted molar refractivity (Wildman–Crippen MR) is 108 cm³/mol. The highest BCUT2D eigenvalue weighted by Gasteiger charge is 2.05. The molecule has 3 aromatic carbocycles. The second-order valence-electron chi connectivity index (χ2n) is 6.23. The molecule has 0 aliphatic carbocycles. The molecule has 0 spiro atoms. The second kappa shape index (κ2) is 8.56. The average molecular weight is 329 g/mol. The highest BCUT2D eigenvalue weighted by molar-refractivity contribution is 6.88. The molecule has 3 rings (SSSR count). The molecule has 0 amide bonds. The van der Waals surface area contributed by atoms with Crippen LogP contribution in [0, 0.1) is 6.92 Å². The molecule has 0 saturated heterocycles. The van der Waals surface area contributed by atoms with Gasteiger partial charge in [0.05, 0.1) is 8.41 Å². The van der Waals surface area contributed by atoms with Gasteiger partial charge in [0.15, 0.2) is 0 Å². The van der Waals surface area contributed by atoms with Crippen molar-refractivity contribution in [1.82, 2.24) is 0 Å². The number of unbranched alkanes of at least 4 members (excludes halogenated alkanes) is 1. The van der Waals surface area contributed by atoms with E-state index in [9.17, 15) is 0 Å². The van der Waals surface area contributed by atoms with Crippen molar-refractivity contribution in [2.24, 2.45) is 0 Å². The van der Waals surface area contributed by atoms with Crippen LogP contribution in [-0.4, -0.2) is 14.1 Å². The van der Waals surface area contributed by atoms with Gasteiger partial charge >= 0.3 is 0 Å². The van der Waals surface area contributed by atoms with Gasteiger partial charge < -0.3 is 0 Å². The molecule has 0 fully saturated rings. The van der Waals surface area contributed by atoms with Crippen molar-refractivity contribution in [2.45, 2.75) is 26.2 Å². The molecule has 0 unspecified atom stereocenters. The molecule has 0 aliphatic heterocycles. The summed E-state index contributed by atoms with van der Waals surface area (Å²) in [6.45, 7) is 2.17. The summed E-state index contributed by atoms with van der Waals surface area (Å²) < 4.78 is 0. The van der Waals surface area contributed by atoms with Crippen LogP contribution in [0.15, 0.2) is 84.9 Å². The third-order valence-electron chi connectivity index (χ3n) is 4.27. The maximum absolute atomic E-state index is 2.57. The lowest BCUT2D eigenvalue weighted by molar-refractivity contribution is 0.877. The van der Waals surface area contributed by atoms with E-state index >= 15 is 0 Å². The molecule has 0 aromatic heterocycles. The van der Waals surface area contributed by atoms with Gasteiger partial charge in [0.25, 0.3) is 0 Å². The zero-order valence-electron chi connectivity index (χ0n) is 14.3. The molecule has 0 N–H and O–H groups in total. The Bertz CT molecular complexity index is 747. The number of rotatable bonds is 6. The van der Waals surface area contributed by atoms with E-state index in [2.05, 4.69) is 97.5 Å². The van der Waals surface area contributed by atoms with Gasteiger partial charge in [-0.05, 0) is 42.1 Å². The molecular formula is C23H24Si. The predicted octanol–water partition coefficient (Wildman–Crippen LogP) is 4.01. The number of aryl methyl sites for hydroxylation is 2. The van der Waals surface area contributed by atoms with E-state index in [-0.39, 0.29) is 0 Å². The lowest BCUT2D eigenvalue weighted by Gasteiger charge is -2.08. The van der Waals surface area contributed by atoms with Gasteiger partial charge in [0.1, 0.15) is 0 Å². The Morgan fingerprint density at radius 3 is 1.96 bits per heavy atom. The van der Waals surface area contributed by atoms with Crippen molar-refractivity contribution in [3.8, 4) is 0 Å². The quantitative estimate of drug-likeness (QED) is 0.474. The molecule has 0 aliphatic rings. The molecule has 120 valence electrons. The van der Waals surface area contributed by atoms with Gasteiger partial charge in [-0.2, -0.15) is 0 Å². The van der Waals surface area contributed by atoms with E-state index in [4.69, 9.17) is 0 Å². The Labute approximate surface area is 147 Å². The van der Waals surface area contributed by atoms with E-state index in [0.717, 1.165) is 6.42 Å². The first-order chi connectivity index (χ1) is 11.8. The Balaban J connectivity index is 1.73. The van der Waals surface area contributed by atoms with Crippen LogP contribution in [0.5, 0.6) is 0 Å². The molecule has 1 heteroatoms. The highest BCUT2D eigenvalue weighted by Crippen LogP contribution is 2.07. The fourth-order valence-corrected chi connectivity index (χ4v) is 5.46. The Kier molecular flexibility index (Phi) is 5.92. The molecule has 0 nitrogen and oxygen atoms in total. The summed E-state index contributed by atoms with van der Waals surface area (Å²) in [5.74, 6) is 0. The van der Waals surface area contributed by atoms with Crippen LogP contribution < -0.4 is 10.4 Å². The first-order valence-electron chi connectivity index (χ1n) is 8.69. The summed E-state index contributed by atoms with van der Waals surface area (Å²) in [7, 11) is -0.787. The largest absolute Gasteiger partial charge is 0.0953 e. The maximum atomic E-state index is 2.57. The summed E-state index contributed by atoms with van der Waals surface area (Å²) in [4.78, 5) is 0. The molecule has 0 heterocycles. The van der Waals surface area contributed by atoms with Gasteiger partial charge in [-0.3, -0.25) is 0 Å². The molecule has 0 radical (unpaired) electrons. The summed E-state index contributed by atoms with van der Waals surface area (Å²) in [5.41, 5.74) is 5.39. The zero-order chi connectivity index (χ0) is 16.6. The van der Waals surface area contributed by atoms with Gasteiger partial charge in [-0.1, -0.05) is 96.2 Å². The first-order valence-corrected chi connectivity index (χ1v) is 10.3. The topological polar surface area (TPSA) is 0 Å². The number of hydrogen-bond acceptors (Lipinski definition) is 0. The van der Waals surface area contributed by atoms with E-state index in [0.29, 0.717) is 0 Å². The van der Waals surface area contributed by atoms with Crippen LogP contribution in [0.3, 0.4) is 0 Å². The van der Waals surface area contributed by atoms with Crippen molar-refractivity contribution in [3.05, 3.63) is 96.1 Å². The minimum Gasteiger partial charge on any atom is -0.0953 e. The van der Waals surface area contributed by atoms with E-state index in [1.54, 1.807) is 0 Å². The number of benzene rings is 3. The number of hydrogen-bond donors (Lipinski definition) is 0. The standard InChI is InChI=1S/C23H24Si/c1-20-11-10-13-21(19-20)12-8-9-18-24(22-14-4-2-5-15-22)23-16-6-3-7-17-23/h2-7,10-11,13-19H,8-9,12H2,1H3. The third kappa shape index (κ3) is 4.62. The van der Waals surface area contributed by atoms with Crippen molar-refractivity contribution < 1.29 is 0 Å². The molecule has 0 atom stereocenters. The minimum atomic E-state index is -0.787. The van der Waals surface area contributed by atoms with Gasteiger partial charge in [0.2, 0.25) is 0 Å². The maximum Gasteiger partial charge on any atom is 0.0760 e. The molecular weight excluding hydrogens is 304 g/mol. The lowest BCUT2D eigenvalue weighted by atomic mass is 10.1. The fraction of sp³-hybridized carbons (Fsp3) is 0.174. The van der Waals surface area contributed by atoms with Crippen LogP contribution in [-0.2, 0) is 6.42 Å². The van der Waals surface area contributed by atoms with Crippen LogP contribution >= 0.6 is 0 Å². The lowest BCUT2D eigenvalue weighted by Crippen LogP contribution is -2.36. The third-order valence-corrected chi connectivity index (χ3v) is 6.88. The fourth-order valence-electron chi connectivity index (χ4n) is 3.06. The van der Waals surface area contributed by atoms with Crippen LogP contribution in [0.2, 0.25) is 0 Å². The second-order valence-corrected chi connectivity index (χ2v) is 8.62. The smallest absolute Gasteiger partial charge is 0.0760 e. The highest BCUT2D eigenvalue weighted by atomic mass is 28.2. The Morgan fingerprint density at radius 1 is 0.750 bits per heavy atom. The minimum absolute atomic E-state index is 0.787. The molecule has 24 heavy (non-hydrogen) atoms. The summed E-state index contributed by atoms with van der Waals surface area (Å²) in [6, 6.07) is 30.8. The van der Waals surface area contributed by atoms with Gasteiger partial charge in [0, 0.05) is 0 Å². The van der Waals surface area contributed by atoms with Crippen molar-refractivity contribution in [1.29, 1.82) is 0 Å².